The molecule has 37 heavy (non-hydrogen) atoms. The Bertz CT molecular complexity index is 1520. The number of nitrogen functional groups attached to an aromatic ring is 1. The lowest BCUT2D eigenvalue weighted by molar-refractivity contribution is 0.220. The van der Waals surface area contributed by atoms with Crippen molar-refractivity contribution in [1.82, 2.24) is 5.01 Å². The average Bonchev–Trinajstić information content (AvgIpc) is 2.89. The number of amides is 2. The third-order valence-corrected chi connectivity index (χ3v) is 6.75. The molecular weight excluding hydrogens is 486 g/mol. The van der Waals surface area contributed by atoms with Crippen LogP contribution >= 0.6 is 0 Å². The lowest BCUT2D eigenvalue weighted by Gasteiger charge is -2.25. The van der Waals surface area contributed by atoms with Gasteiger partial charge in [-0.3, -0.25) is 10.8 Å². The summed E-state index contributed by atoms with van der Waals surface area (Å²) in [5, 5.41) is 12.0. The molecule has 0 radical (unpaired) electrons. The third kappa shape index (κ3) is 6.53. The molecule has 0 saturated heterocycles. The molecule has 0 unspecified atom stereocenters. The number of hydrogen-bond donors (Lipinski definition) is 4. The Morgan fingerprint density at radius 1 is 0.865 bits per heavy atom. The number of urea groups is 1. The Hall–Kier alpha value is -4.63. The number of sulfone groups is 1. The maximum Gasteiger partial charge on any atom is 0.340 e. The zero-order valence-electron chi connectivity index (χ0n) is 20.2. The Kier molecular flexibility index (Phi) is 7.55. The van der Waals surface area contributed by atoms with E-state index in [-0.39, 0.29) is 17.3 Å². The summed E-state index contributed by atoms with van der Waals surface area (Å²) in [6, 6.07) is 29.9. The second-order valence-electron chi connectivity index (χ2n) is 8.45. The van der Waals surface area contributed by atoms with E-state index in [2.05, 4.69) is 10.7 Å². The van der Waals surface area contributed by atoms with E-state index in [9.17, 15) is 13.2 Å². The molecule has 9 heteroatoms. The molecule has 0 saturated carbocycles. The number of rotatable bonds is 8. The molecule has 0 bridgehead atoms. The van der Waals surface area contributed by atoms with E-state index in [0.717, 1.165) is 11.1 Å². The molecule has 0 spiro atoms. The summed E-state index contributed by atoms with van der Waals surface area (Å²) in [5.74, 6) is -0.0692. The van der Waals surface area contributed by atoms with Crippen molar-refractivity contribution in [2.45, 2.75) is 11.4 Å². The molecule has 0 aliphatic carbocycles. The van der Waals surface area contributed by atoms with Crippen molar-refractivity contribution in [3.63, 3.8) is 0 Å². The van der Waals surface area contributed by atoms with E-state index in [1.54, 1.807) is 72.8 Å². The van der Waals surface area contributed by atoms with Gasteiger partial charge in [0, 0.05) is 23.1 Å². The fourth-order valence-electron chi connectivity index (χ4n) is 3.79. The van der Waals surface area contributed by atoms with Gasteiger partial charge in [-0.2, -0.15) is 0 Å². The molecule has 0 atom stereocenters. The largest absolute Gasteiger partial charge is 0.384 e. The number of nitrogens with zero attached hydrogens (tertiary/aromatic N) is 1. The Morgan fingerprint density at radius 2 is 1.54 bits per heavy atom. The summed E-state index contributed by atoms with van der Waals surface area (Å²) in [4.78, 5) is 13.5. The molecule has 0 aliphatic heterocycles. The van der Waals surface area contributed by atoms with Gasteiger partial charge in [0.05, 0.1) is 17.1 Å². The van der Waals surface area contributed by atoms with Crippen LogP contribution in [-0.2, 0) is 16.4 Å². The normalized spacial score (nSPS) is 10.9. The molecule has 4 aromatic rings. The van der Waals surface area contributed by atoms with E-state index in [4.69, 9.17) is 11.1 Å². The number of anilines is 2. The zero-order chi connectivity index (χ0) is 26.4. The second kappa shape index (κ2) is 11.0. The van der Waals surface area contributed by atoms with Crippen molar-refractivity contribution >= 4 is 33.1 Å². The molecule has 188 valence electrons. The van der Waals surface area contributed by atoms with E-state index in [1.807, 2.05) is 30.3 Å². The number of carbonyl (C=O) groups is 1. The molecule has 0 fully saturated rings. The minimum atomic E-state index is -3.40. The number of amidine groups is 1. The van der Waals surface area contributed by atoms with E-state index < -0.39 is 15.9 Å². The molecule has 0 heterocycles. The van der Waals surface area contributed by atoms with Crippen LogP contribution in [-0.4, -0.2) is 31.5 Å². The first-order valence-electron chi connectivity index (χ1n) is 11.4. The number of hydrogen-bond acceptors (Lipinski definition) is 5. The summed E-state index contributed by atoms with van der Waals surface area (Å²) in [6.45, 7) is 0.275. The average molecular weight is 514 g/mol. The number of benzene rings is 4. The lowest BCUT2D eigenvalue weighted by Crippen LogP contribution is -2.39. The maximum atomic E-state index is 13.3. The second-order valence-corrected chi connectivity index (χ2v) is 10.4. The van der Waals surface area contributed by atoms with Gasteiger partial charge in [0.25, 0.3) is 0 Å². The van der Waals surface area contributed by atoms with E-state index >= 15 is 0 Å². The van der Waals surface area contributed by atoms with Crippen molar-refractivity contribution < 1.29 is 13.2 Å². The van der Waals surface area contributed by atoms with Crippen LogP contribution < -0.4 is 16.5 Å². The summed E-state index contributed by atoms with van der Waals surface area (Å²) >= 11 is 0. The van der Waals surface area contributed by atoms with Crippen molar-refractivity contribution in [3.8, 4) is 11.1 Å². The first-order valence-corrected chi connectivity index (χ1v) is 13.3. The van der Waals surface area contributed by atoms with Gasteiger partial charge in [-0.15, -0.1) is 0 Å². The van der Waals surface area contributed by atoms with E-state index in [1.165, 1.54) is 11.3 Å². The Morgan fingerprint density at radius 3 is 2.22 bits per heavy atom. The molecule has 2 amide bonds. The molecule has 8 nitrogen and oxygen atoms in total. The highest BCUT2D eigenvalue weighted by Crippen LogP contribution is 2.28. The van der Waals surface area contributed by atoms with Crippen molar-refractivity contribution in [2.75, 3.05) is 17.0 Å². The summed E-state index contributed by atoms with van der Waals surface area (Å²) < 4.78 is 24.4. The van der Waals surface area contributed by atoms with Gasteiger partial charge < -0.3 is 11.1 Å². The predicted octanol–water partition coefficient (Wildman–Crippen LogP) is 5.10. The maximum absolute atomic E-state index is 13.3. The highest BCUT2D eigenvalue weighted by atomic mass is 32.2. The highest BCUT2D eigenvalue weighted by Gasteiger charge is 2.17. The molecule has 4 aromatic carbocycles. The van der Waals surface area contributed by atoms with Crippen LogP contribution in [0, 0.1) is 5.41 Å². The standard InChI is InChI=1S/C28H27N5O3S/c1-37(35,36)26-13-6-5-12-25(26)21-14-16-23(17-15-21)31-28(34)33(19-20-8-3-2-4-9-20)32-24-11-7-10-22(18-24)27(29)30/h2-18,32H,19H2,1H3,(H3,29,30)(H,31,34). The molecule has 0 aromatic heterocycles. The van der Waals surface area contributed by atoms with Crippen LogP contribution in [0.5, 0.6) is 0 Å². The van der Waals surface area contributed by atoms with Crippen LogP contribution in [0.1, 0.15) is 11.1 Å². The number of carbonyl (C=O) groups excluding carboxylic acids is 1. The number of nitrogens with two attached hydrogens (primary N) is 1. The van der Waals surface area contributed by atoms with Crippen molar-refractivity contribution in [2.24, 2.45) is 5.73 Å². The summed E-state index contributed by atoms with van der Waals surface area (Å²) in [6.07, 6.45) is 1.18. The van der Waals surface area contributed by atoms with Gasteiger partial charge in [0.2, 0.25) is 0 Å². The van der Waals surface area contributed by atoms with Crippen LogP contribution in [0.2, 0.25) is 0 Å². The Labute approximate surface area is 216 Å². The number of hydrazine groups is 1. The monoisotopic (exact) mass is 513 g/mol. The lowest BCUT2D eigenvalue weighted by atomic mass is 10.1. The molecule has 0 aliphatic rings. The fraction of sp³-hybridized carbons (Fsp3) is 0.0714. The molecule has 5 N–H and O–H groups in total. The molecule has 4 rings (SSSR count). The SMILES string of the molecule is CS(=O)(=O)c1ccccc1-c1ccc(NC(=O)N(Cc2ccccc2)Nc2cccc(C(=N)N)c2)cc1. The predicted molar refractivity (Wildman–Crippen MR) is 147 cm³/mol. The summed E-state index contributed by atoms with van der Waals surface area (Å²) in [7, 11) is -3.40. The topological polar surface area (TPSA) is 128 Å². The first-order chi connectivity index (χ1) is 17.7. The van der Waals surface area contributed by atoms with Gasteiger partial charge in [-0.1, -0.05) is 72.8 Å². The van der Waals surface area contributed by atoms with Crippen LogP contribution in [0.4, 0.5) is 16.2 Å². The van der Waals surface area contributed by atoms with Crippen LogP contribution in [0.25, 0.3) is 11.1 Å². The minimum Gasteiger partial charge on any atom is -0.384 e. The smallest absolute Gasteiger partial charge is 0.340 e. The van der Waals surface area contributed by atoms with Gasteiger partial charge in [0.15, 0.2) is 9.84 Å². The van der Waals surface area contributed by atoms with Crippen molar-refractivity contribution in [1.29, 1.82) is 5.41 Å². The van der Waals surface area contributed by atoms with Gasteiger partial charge in [0.1, 0.15) is 5.84 Å². The fourth-order valence-corrected chi connectivity index (χ4v) is 4.70. The van der Waals surface area contributed by atoms with Crippen LogP contribution in [0.3, 0.4) is 0 Å². The highest BCUT2D eigenvalue weighted by molar-refractivity contribution is 7.90. The minimum absolute atomic E-state index is 0.0692. The van der Waals surface area contributed by atoms with Gasteiger partial charge in [-0.05, 0) is 41.5 Å². The van der Waals surface area contributed by atoms with E-state index in [0.29, 0.717) is 22.5 Å². The van der Waals surface area contributed by atoms with Crippen LogP contribution in [0.15, 0.2) is 108 Å². The van der Waals surface area contributed by atoms with Gasteiger partial charge in [-0.25, -0.2) is 18.2 Å². The number of nitrogens with one attached hydrogen (secondary N) is 3. The third-order valence-electron chi connectivity index (χ3n) is 5.60. The molecular formula is C28H27N5O3S. The zero-order valence-corrected chi connectivity index (χ0v) is 21.0. The van der Waals surface area contributed by atoms with Crippen molar-refractivity contribution in [3.05, 3.63) is 114 Å². The first kappa shape index (κ1) is 25.5. The Balaban J connectivity index is 1.56. The quantitative estimate of drug-likeness (QED) is 0.148. The summed E-state index contributed by atoms with van der Waals surface area (Å²) in [5.41, 5.74) is 12.6. The van der Waals surface area contributed by atoms with Gasteiger partial charge >= 0.3 is 6.03 Å².